The molecular weight excluding hydrogens is 288 g/mol. The van der Waals surface area contributed by atoms with Crippen molar-refractivity contribution >= 4 is 16.9 Å². The van der Waals surface area contributed by atoms with Crippen molar-refractivity contribution in [2.45, 2.75) is 44.6 Å². The molecule has 1 aliphatic carbocycles. The molecule has 3 aromatic rings. The smallest absolute Gasteiger partial charge is 0.190 e. The summed E-state index contributed by atoms with van der Waals surface area (Å²) >= 11 is 0. The number of fused-ring (bicyclic) bond motifs is 1. The van der Waals surface area contributed by atoms with Gasteiger partial charge < -0.3 is 5.32 Å². The van der Waals surface area contributed by atoms with Gasteiger partial charge in [0.05, 0.1) is 17.3 Å². The molecule has 0 atom stereocenters. The van der Waals surface area contributed by atoms with Gasteiger partial charge in [0.15, 0.2) is 11.5 Å². The molecule has 1 fully saturated rings. The van der Waals surface area contributed by atoms with Crippen molar-refractivity contribution in [2.75, 3.05) is 5.32 Å². The van der Waals surface area contributed by atoms with Gasteiger partial charge in [-0.05, 0) is 30.2 Å². The molecule has 2 heterocycles. The van der Waals surface area contributed by atoms with Crippen molar-refractivity contribution in [3.8, 4) is 5.69 Å². The molecule has 0 bridgehead atoms. The number of hydrogen-bond acceptors (Lipinski definition) is 5. The lowest BCUT2D eigenvalue weighted by Crippen LogP contribution is -2.19. The summed E-state index contributed by atoms with van der Waals surface area (Å²) in [6.07, 6.45) is 9.44. The highest BCUT2D eigenvalue weighted by Gasteiger charge is 2.17. The first kappa shape index (κ1) is 14.1. The van der Waals surface area contributed by atoms with E-state index in [4.69, 9.17) is 0 Å². The molecule has 118 valence electrons. The van der Waals surface area contributed by atoms with E-state index in [0.717, 1.165) is 22.5 Å². The second-order valence-electron chi connectivity index (χ2n) is 6.10. The van der Waals surface area contributed by atoms with Crippen LogP contribution in [0.5, 0.6) is 0 Å². The third-order valence-electron chi connectivity index (χ3n) is 4.48. The van der Waals surface area contributed by atoms with Crippen LogP contribution < -0.4 is 5.32 Å². The molecule has 4 rings (SSSR count). The van der Waals surface area contributed by atoms with Crippen molar-refractivity contribution < 1.29 is 0 Å². The summed E-state index contributed by atoms with van der Waals surface area (Å²) in [5.74, 6) is 0.795. The van der Waals surface area contributed by atoms with Gasteiger partial charge in [0.2, 0.25) is 0 Å². The molecule has 0 radical (unpaired) electrons. The summed E-state index contributed by atoms with van der Waals surface area (Å²) in [6, 6.07) is 10.4. The van der Waals surface area contributed by atoms with Gasteiger partial charge in [0.1, 0.15) is 0 Å². The Bertz CT molecular complexity index is 774. The van der Waals surface area contributed by atoms with E-state index in [0.29, 0.717) is 6.04 Å². The van der Waals surface area contributed by atoms with E-state index in [1.54, 1.807) is 0 Å². The molecule has 1 saturated carbocycles. The molecule has 1 N–H and O–H groups in total. The Labute approximate surface area is 134 Å². The van der Waals surface area contributed by atoms with Gasteiger partial charge in [-0.25, -0.2) is 4.68 Å². The van der Waals surface area contributed by atoms with Gasteiger partial charge >= 0.3 is 0 Å². The van der Waals surface area contributed by atoms with Gasteiger partial charge in [-0.3, -0.25) is 0 Å². The van der Waals surface area contributed by atoms with Crippen LogP contribution in [0.2, 0.25) is 0 Å². The summed E-state index contributed by atoms with van der Waals surface area (Å²) in [5, 5.41) is 21.3. The van der Waals surface area contributed by atoms with Crippen molar-refractivity contribution in [2.24, 2.45) is 0 Å². The lowest BCUT2D eigenvalue weighted by atomic mass is 10.1. The first-order valence-electron chi connectivity index (χ1n) is 8.31. The normalized spacial score (nSPS) is 16.3. The zero-order chi connectivity index (χ0) is 15.5. The third kappa shape index (κ3) is 2.88. The Balaban J connectivity index is 1.67. The molecular formula is C17H20N6. The predicted octanol–water partition coefficient (Wildman–Crippen LogP) is 3.35. The van der Waals surface area contributed by atoms with Crippen LogP contribution in [-0.2, 0) is 0 Å². The number of nitrogens with zero attached hydrogens (tertiary/aromatic N) is 5. The fourth-order valence-corrected chi connectivity index (χ4v) is 3.25. The van der Waals surface area contributed by atoms with Crippen LogP contribution in [0.25, 0.3) is 16.7 Å². The average Bonchev–Trinajstić information content (AvgIpc) is 2.87. The topological polar surface area (TPSA) is 68.5 Å². The quantitative estimate of drug-likeness (QED) is 0.752. The van der Waals surface area contributed by atoms with Crippen molar-refractivity contribution in [1.82, 2.24) is 25.2 Å². The van der Waals surface area contributed by atoms with Crippen molar-refractivity contribution in [1.29, 1.82) is 0 Å². The lowest BCUT2D eigenvalue weighted by molar-refractivity contribution is 0.616. The second kappa shape index (κ2) is 6.32. The summed E-state index contributed by atoms with van der Waals surface area (Å²) in [4.78, 5) is 0. The van der Waals surface area contributed by atoms with Crippen LogP contribution in [0.15, 0.2) is 36.5 Å². The highest BCUT2D eigenvalue weighted by Crippen LogP contribution is 2.25. The Morgan fingerprint density at radius 2 is 1.74 bits per heavy atom. The van der Waals surface area contributed by atoms with E-state index in [9.17, 15) is 0 Å². The molecule has 6 nitrogen and oxygen atoms in total. The van der Waals surface area contributed by atoms with Gasteiger partial charge in [0, 0.05) is 6.04 Å². The van der Waals surface area contributed by atoms with Crippen LogP contribution >= 0.6 is 0 Å². The largest absolute Gasteiger partial charge is 0.365 e. The van der Waals surface area contributed by atoms with Gasteiger partial charge in [-0.1, -0.05) is 43.9 Å². The molecule has 0 unspecified atom stereocenters. The predicted molar refractivity (Wildman–Crippen MR) is 89.6 cm³/mol. The van der Waals surface area contributed by atoms with Crippen LogP contribution in [0.3, 0.4) is 0 Å². The number of aromatic nitrogens is 5. The Hall–Kier alpha value is -2.50. The summed E-state index contributed by atoms with van der Waals surface area (Å²) in [6.45, 7) is 0. The fourth-order valence-electron chi connectivity index (χ4n) is 3.25. The molecule has 0 aliphatic heterocycles. The van der Waals surface area contributed by atoms with Gasteiger partial charge in [0.25, 0.3) is 0 Å². The number of benzene rings is 1. The minimum absolute atomic E-state index is 0.470. The molecule has 0 amide bonds. The zero-order valence-corrected chi connectivity index (χ0v) is 13.0. The van der Waals surface area contributed by atoms with E-state index in [2.05, 4.69) is 25.8 Å². The maximum absolute atomic E-state index is 4.47. The minimum atomic E-state index is 0.470. The van der Waals surface area contributed by atoms with Crippen molar-refractivity contribution in [3.63, 3.8) is 0 Å². The molecule has 6 heteroatoms. The highest BCUT2D eigenvalue weighted by atomic mass is 15.4. The zero-order valence-electron chi connectivity index (χ0n) is 13.0. The third-order valence-corrected chi connectivity index (χ3v) is 4.48. The summed E-state index contributed by atoms with van der Waals surface area (Å²) in [7, 11) is 0. The first-order chi connectivity index (χ1) is 11.4. The first-order valence-corrected chi connectivity index (χ1v) is 8.31. The molecule has 1 aromatic carbocycles. The van der Waals surface area contributed by atoms with Crippen LogP contribution in [-0.4, -0.2) is 31.2 Å². The molecule has 2 aromatic heterocycles. The summed E-state index contributed by atoms with van der Waals surface area (Å²) < 4.78 is 1.81. The van der Waals surface area contributed by atoms with Crippen LogP contribution in [0.1, 0.15) is 38.5 Å². The number of anilines is 1. The second-order valence-corrected chi connectivity index (χ2v) is 6.10. The maximum Gasteiger partial charge on any atom is 0.190 e. The molecule has 1 aliphatic rings. The molecule has 23 heavy (non-hydrogen) atoms. The number of hydrogen-bond donors (Lipinski definition) is 1. The monoisotopic (exact) mass is 308 g/mol. The van der Waals surface area contributed by atoms with E-state index in [1.807, 2.05) is 41.2 Å². The standard InChI is InChI=1S/C17H20N6/c1-2-5-9-13(8-4-1)19-16-15-12-18-23(17(15)21-22-20-16)14-10-6-3-7-11-14/h3,6-7,10-13H,1-2,4-5,8-9H2,(H,19,20,21). The van der Waals surface area contributed by atoms with Gasteiger partial charge in [-0.2, -0.15) is 5.10 Å². The van der Waals surface area contributed by atoms with E-state index >= 15 is 0 Å². The fraction of sp³-hybridized carbons (Fsp3) is 0.412. The molecule has 0 saturated heterocycles. The Kier molecular flexibility index (Phi) is 3.88. The average molecular weight is 308 g/mol. The maximum atomic E-state index is 4.47. The number of nitrogens with one attached hydrogen (secondary N) is 1. The van der Waals surface area contributed by atoms with E-state index in [1.165, 1.54) is 38.5 Å². The molecule has 0 spiro atoms. The van der Waals surface area contributed by atoms with Gasteiger partial charge in [-0.15, -0.1) is 10.2 Å². The number of para-hydroxylation sites is 1. The van der Waals surface area contributed by atoms with Crippen LogP contribution in [0.4, 0.5) is 5.82 Å². The number of rotatable bonds is 3. The van der Waals surface area contributed by atoms with E-state index < -0.39 is 0 Å². The SMILES string of the molecule is c1ccc(-n2ncc3c(NC4CCCCCC4)nnnc32)cc1. The summed E-state index contributed by atoms with van der Waals surface area (Å²) in [5.41, 5.74) is 1.71. The van der Waals surface area contributed by atoms with E-state index in [-0.39, 0.29) is 0 Å². The van der Waals surface area contributed by atoms with Crippen molar-refractivity contribution in [3.05, 3.63) is 36.5 Å². The van der Waals surface area contributed by atoms with Crippen LogP contribution in [0, 0.1) is 0 Å². The lowest BCUT2D eigenvalue weighted by Gasteiger charge is -2.16. The Morgan fingerprint density at radius 3 is 2.52 bits per heavy atom. The highest BCUT2D eigenvalue weighted by molar-refractivity contribution is 5.86. The Morgan fingerprint density at radius 1 is 0.957 bits per heavy atom. The minimum Gasteiger partial charge on any atom is -0.365 e.